The van der Waals surface area contributed by atoms with E-state index in [9.17, 15) is 15.0 Å². The normalized spacial score (nSPS) is 10.7. The lowest BCUT2D eigenvalue weighted by molar-refractivity contribution is 0.0597. The van der Waals surface area contributed by atoms with E-state index in [-0.39, 0.29) is 11.5 Å². The Bertz CT molecular complexity index is 1030. The molecule has 0 fully saturated rings. The summed E-state index contributed by atoms with van der Waals surface area (Å²) in [4.78, 5) is 17.2. The number of carbonyl (C=O) groups excluding carboxylic acids is 1. The van der Waals surface area contributed by atoms with E-state index < -0.39 is 5.97 Å². The van der Waals surface area contributed by atoms with Gasteiger partial charge < -0.3 is 19.7 Å². The number of nitrogens with zero attached hydrogens (tertiary/aromatic N) is 1. The van der Waals surface area contributed by atoms with Crippen LogP contribution in [0.4, 0.5) is 0 Å². The molecule has 0 aliphatic rings. The molecule has 0 saturated heterocycles. The van der Waals surface area contributed by atoms with Crippen molar-refractivity contribution in [2.24, 2.45) is 0 Å². The molecule has 0 aliphatic carbocycles. The van der Waals surface area contributed by atoms with Crippen LogP contribution in [0.15, 0.2) is 39.4 Å². The third-order valence-corrected chi connectivity index (χ3v) is 6.28. The van der Waals surface area contributed by atoms with Crippen LogP contribution in [0.3, 0.4) is 0 Å². The van der Waals surface area contributed by atoms with Crippen LogP contribution in [0.5, 0.6) is 17.2 Å². The predicted molar refractivity (Wildman–Crippen MR) is 110 cm³/mol. The van der Waals surface area contributed by atoms with Crippen molar-refractivity contribution in [3.63, 3.8) is 0 Å². The van der Waals surface area contributed by atoms with Crippen LogP contribution in [0, 0.1) is 0 Å². The summed E-state index contributed by atoms with van der Waals surface area (Å²) >= 11 is 7.86. The van der Waals surface area contributed by atoms with Crippen molar-refractivity contribution in [1.82, 2.24) is 4.98 Å². The molecule has 0 atom stereocenters. The topological polar surface area (TPSA) is 88.9 Å². The number of carbonyl (C=O) groups is 1. The maximum absolute atomic E-state index is 12.0. The quantitative estimate of drug-likeness (QED) is 0.367. The maximum Gasteiger partial charge on any atom is 0.341 e. The van der Waals surface area contributed by atoms with E-state index in [1.165, 1.54) is 25.6 Å². The monoisotopic (exact) mass is 513 g/mol. The van der Waals surface area contributed by atoms with Gasteiger partial charge in [0.2, 0.25) is 0 Å². The van der Waals surface area contributed by atoms with Crippen molar-refractivity contribution < 1.29 is 24.5 Å². The third-order valence-electron chi connectivity index (χ3n) is 3.79. The summed E-state index contributed by atoms with van der Waals surface area (Å²) in [6.07, 6.45) is 1.67. The van der Waals surface area contributed by atoms with Gasteiger partial charge in [0.15, 0.2) is 11.5 Å². The first-order valence-corrected chi connectivity index (χ1v) is 9.90. The molecule has 0 amide bonds. The lowest BCUT2D eigenvalue weighted by Gasteiger charge is -2.08. The molecule has 0 unspecified atom stereocenters. The Morgan fingerprint density at radius 1 is 1.15 bits per heavy atom. The molecule has 6 nitrogen and oxygen atoms in total. The Morgan fingerprint density at radius 2 is 1.89 bits per heavy atom. The Labute approximate surface area is 175 Å². The summed E-state index contributed by atoms with van der Waals surface area (Å²) in [6, 6.07) is 6.86. The lowest BCUT2D eigenvalue weighted by atomic mass is 10.1. The molecule has 9 heteroatoms. The molecule has 2 aromatic carbocycles. The minimum absolute atomic E-state index is 0.250. The highest BCUT2D eigenvalue weighted by molar-refractivity contribution is 9.11. The van der Waals surface area contributed by atoms with Gasteiger partial charge in [-0.25, -0.2) is 9.78 Å². The fourth-order valence-corrected chi connectivity index (χ4v) is 4.39. The van der Waals surface area contributed by atoms with Gasteiger partial charge in [0.25, 0.3) is 0 Å². The van der Waals surface area contributed by atoms with Gasteiger partial charge in [-0.2, -0.15) is 0 Å². The van der Waals surface area contributed by atoms with Crippen molar-refractivity contribution >= 4 is 49.2 Å². The van der Waals surface area contributed by atoms with E-state index in [0.717, 1.165) is 10.4 Å². The van der Waals surface area contributed by atoms with Crippen molar-refractivity contribution in [3.05, 3.63) is 45.0 Å². The summed E-state index contributed by atoms with van der Waals surface area (Å²) in [5, 5.41) is 20.4. The number of ether oxygens (including phenoxy) is 2. The highest BCUT2D eigenvalue weighted by atomic mass is 79.9. The third kappa shape index (κ3) is 3.67. The highest BCUT2D eigenvalue weighted by Crippen LogP contribution is 2.46. The van der Waals surface area contributed by atoms with E-state index in [0.29, 0.717) is 30.8 Å². The van der Waals surface area contributed by atoms with Gasteiger partial charge in [0, 0.05) is 11.8 Å². The number of hydrogen-bond acceptors (Lipinski definition) is 7. The van der Waals surface area contributed by atoms with E-state index in [1.807, 2.05) is 6.07 Å². The molecule has 140 valence electrons. The van der Waals surface area contributed by atoms with Crippen LogP contribution in [0.1, 0.15) is 10.4 Å². The average Bonchev–Trinajstić information content (AvgIpc) is 3.17. The molecule has 0 radical (unpaired) electrons. The molecule has 0 spiro atoms. The van der Waals surface area contributed by atoms with Gasteiger partial charge in [-0.3, -0.25) is 0 Å². The van der Waals surface area contributed by atoms with Crippen LogP contribution in [-0.4, -0.2) is 35.4 Å². The number of rotatable bonds is 4. The summed E-state index contributed by atoms with van der Waals surface area (Å²) < 4.78 is 10.7. The molecular formula is C18H13Br2NO5S. The molecule has 3 rings (SSSR count). The second-order valence-electron chi connectivity index (χ2n) is 5.35. The van der Waals surface area contributed by atoms with Crippen molar-refractivity contribution in [2.45, 2.75) is 0 Å². The van der Waals surface area contributed by atoms with Gasteiger partial charge >= 0.3 is 5.97 Å². The molecule has 1 heterocycles. The molecule has 0 aliphatic heterocycles. The van der Waals surface area contributed by atoms with E-state index in [2.05, 4.69) is 36.8 Å². The number of hydrogen-bond donors (Lipinski definition) is 2. The number of aromatic hydroxyl groups is 2. The van der Waals surface area contributed by atoms with Gasteiger partial charge in [0.05, 0.1) is 28.0 Å². The molecule has 0 saturated carbocycles. The second-order valence-corrected chi connectivity index (χ2v) is 8.03. The van der Waals surface area contributed by atoms with Gasteiger partial charge in [-0.05, 0) is 61.7 Å². The number of esters is 1. The van der Waals surface area contributed by atoms with Crippen LogP contribution in [0.2, 0.25) is 0 Å². The Morgan fingerprint density at radius 3 is 2.56 bits per heavy atom. The smallest absolute Gasteiger partial charge is 0.341 e. The minimum Gasteiger partial charge on any atom is -0.503 e. The fraction of sp³-hybridized carbons (Fsp3) is 0.111. The second kappa shape index (κ2) is 7.87. The SMILES string of the molecule is COC(=O)c1cc(-c2cnc(-c3cc(Br)c(O)c(O)c3Br)s2)ccc1OC. The Kier molecular flexibility index (Phi) is 5.73. The van der Waals surface area contributed by atoms with Crippen LogP contribution >= 0.6 is 43.2 Å². The van der Waals surface area contributed by atoms with E-state index in [1.54, 1.807) is 24.4 Å². The van der Waals surface area contributed by atoms with Crippen LogP contribution in [0.25, 0.3) is 21.0 Å². The molecule has 3 aromatic rings. The van der Waals surface area contributed by atoms with Gasteiger partial charge in [-0.15, -0.1) is 11.3 Å². The lowest BCUT2D eigenvalue weighted by Crippen LogP contribution is -2.04. The van der Waals surface area contributed by atoms with Gasteiger partial charge in [-0.1, -0.05) is 0 Å². The average molecular weight is 515 g/mol. The zero-order valence-corrected chi connectivity index (χ0v) is 18.1. The zero-order valence-electron chi connectivity index (χ0n) is 14.1. The van der Waals surface area contributed by atoms with Crippen LogP contribution < -0.4 is 4.74 Å². The Balaban J connectivity index is 2.06. The molecule has 0 bridgehead atoms. The zero-order chi connectivity index (χ0) is 19.7. The summed E-state index contributed by atoms with van der Waals surface area (Å²) in [5.74, 6) is -0.590. The molecule has 1 aromatic heterocycles. The number of benzene rings is 2. The predicted octanol–water partition coefficient (Wildman–Crippen LogP) is 5.21. The van der Waals surface area contributed by atoms with Crippen LogP contribution in [-0.2, 0) is 4.74 Å². The number of phenols is 2. The van der Waals surface area contributed by atoms with Gasteiger partial charge in [0.1, 0.15) is 16.3 Å². The van der Waals surface area contributed by atoms with E-state index >= 15 is 0 Å². The first-order chi connectivity index (χ1) is 12.9. The molecule has 2 N–H and O–H groups in total. The van der Waals surface area contributed by atoms with Crippen molar-refractivity contribution in [2.75, 3.05) is 14.2 Å². The molecular weight excluding hydrogens is 502 g/mol. The Hall–Kier alpha value is -2.10. The fourth-order valence-electron chi connectivity index (χ4n) is 2.42. The molecule has 27 heavy (non-hydrogen) atoms. The first-order valence-electron chi connectivity index (χ1n) is 7.50. The minimum atomic E-state index is -0.492. The summed E-state index contributed by atoms with van der Waals surface area (Å²) in [6.45, 7) is 0. The number of halogens is 2. The number of thiazole rings is 1. The number of methoxy groups -OCH3 is 2. The highest BCUT2D eigenvalue weighted by Gasteiger charge is 2.19. The van der Waals surface area contributed by atoms with Crippen molar-refractivity contribution in [1.29, 1.82) is 0 Å². The summed E-state index contributed by atoms with van der Waals surface area (Å²) in [5.41, 5.74) is 1.71. The number of phenolic OH excluding ortho intramolecular Hbond substituents is 2. The first kappa shape index (κ1) is 19.7. The van der Waals surface area contributed by atoms with Crippen molar-refractivity contribution in [3.8, 4) is 38.3 Å². The summed E-state index contributed by atoms with van der Waals surface area (Å²) in [7, 11) is 2.80. The maximum atomic E-state index is 12.0. The van der Waals surface area contributed by atoms with E-state index in [4.69, 9.17) is 9.47 Å². The standard InChI is InChI=1S/C18H13Br2NO5S/c1-25-12-4-3-8(5-9(12)18(24)26-2)13-7-21-17(27-13)10-6-11(19)15(22)16(23)14(10)20/h3-7,22-23H,1-2H3. The number of aromatic nitrogens is 1. The largest absolute Gasteiger partial charge is 0.503 e.